The summed E-state index contributed by atoms with van der Waals surface area (Å²) in [5, 5.41) is 10.6. The zero-order valence-corrected chi connectivity index (χ0v) is 10.1. The van der Waals surface area contributed by atoms with Crippen LogP contribution < -0.4 is 0 Å². The number of nitrogens with zero attached hydrogens (tertiary/aromatic N) is 3. The Hall–Kier alpha value is -2.11. The van der Waals surface area contributed by atoms with Gasteiger partial charge in [-0.2, -0.15) is 10.2 Å². The second kappa shape index (κ2) is 6.58. The lowest BCUT2D eigenvalue weighted by Gasteiger charge is -2.04. The number of nitrogens with one attached hydrogen (secondary N) is 1. The van der Waals surface area contributed by atoms with Gasteiger partial charge in [0.2, 0.25) is 0 Å². The molecule has 0 atom stereocenters. The number of ether oxygens (including phenoxy) is 1. The monoisotopic (exact) mass is 248 g/mol. The molecule has 0 bridgehead atoms. The molecule has 0 radical (unpaired) electrons. The van der Waals surface area contributed by atoms with Gasteiger partial charge in [-0.25, -0.2) is 0 Å². The van der Waals surface area contributed by atoms with Gasteiger partial charge >= 0.3 is 5.97 Å². The van der Waals surface area contributed by atoms with E-state index in [2.05, 4.69) is 15.3 Å². The molecule has 2 rings (SSSR count). The van der Waals surface area contributed by atoms with E-state index >= 15 is 0 Å². The molecule has 0 fully saturated rings. The van der Waals surface area contributed by atoms with Gasteiger partial charge in [0, 0.05) is 38.0 Å². The van der Waals surface area contributed by atoms with Gasteiger partial charge in [0.25, 0.3) is 0 Å². The summed E-state index contributed by atoms with van der Waals surface area (Å²) in [6.07, 6.45) is 8.99. The average Bonchev–Trinajstić information content (AvgIpc) is 3.01. The van der Waals surface area contributed by atoms with Crippen molar-refractivity contribution in [3.05, 3.63) is 36.4 Å². The van der Waals surface area contributed by atoms with Crippen molar-refractivity contribution in [2.75, 3.05) is 6.61 Å². The molecule has 0 spiro atoms. The molecule has 0 aromatic carbocycles. The number of aromatic amines is 1. The Labute approximate surface area is 105 Å². The number of H-pyrrole nitrogens is 1. The fraction of sp³-hybridized carbons (Fsp3) is 0.417. The fourth-order valence-corrected chi connectivity index (χ4v) is 1.59. The van der Waals surface area contributed by atoms with Crippen molar-refractivity contribution in [1.29, 1.82) is 0 Å². The van der Waals surface area contributed by atoms with E-state index in [4.69, 9.17) is 4.74 Å². The SMILES string of the molecule is O=C(CCCn1cccn1)OCCc1cn[nH]c1. The lowest BCUT2D eigenvalue weighted by molar-refractivity contribution is -0.143. The molecule has 0 aliphatic heterocycles. The Morgan fingerprint density at radius 1 is 1.50 bits per heavy atom. The molecule has 0 aliphatic carbocycles. The third kappa shape index (κ3) is 4.04. The van der Waals surface area contributed by atoms with Crippen molar-refractivity contribution >= 4 is 5.97 Å². The van der Waals surface area contributed by atoms with Gasteiger partial charge in [-0.15, -0.1) is 0 Å². The molecule has 0 aliphatic rings. The van der Waals surface area contributed by atoms with Crippen LogP contribution in [0, 0.1) is 0 Å². The topological polar surface area (TPSA) is 72.8 Å². The van der Waals surface area contributed by atoms with Gasteiger partial charge in [-0.1, -0.05) is 0 Å². The summed E-state index contributed by atoms with van der Waals surface area (Å²) in [6.45, 7) is 1.14. The molecule has 0 saturated carbocycles. The number of carbonyl (C=O) groups is 1. The smallest absolute Gasteiger partial charge is 0.305 e. The summed E-state index contributed by atoms with van der Waals surface area (Å²) in [5.41, 5.74) is 1.04. The summed E-state index contributed by atoms with van der Waals surface area (Å²) in [7, 11) is 0. The predicted molar refractivity (Wildman–Crippen MR) is 64.7 cm³/mol. The maximum absolute atomic E-state index is 11.4. The third-order valence-electron chi connectivity index (χ3n) is 2.54. The lowest BCUT2D eigenvalue weighted by atomic mass is 10.3. The first kappa shape index (κ1) is 12.3. The molecular weight excluding hydrogens is 232 g/mol. The zero-order chi connectivity index (χ0) is 12.6. The Kier molecular flexibility index (Phi) is 4.52. The molecule has 2 aromatic rings. The number of rotatable bonds is 7. The quantitative estimate of drug-likeness (QED) is 0.746. The van der Waals surface area contributed by atoms with E-state index < -0.39 is 0 Å². The van der Waals surface area contributed by atoms with Crippen LogP contribution in [0.5, 0.6) is 0 Å². The largest absolute Gasteiger partial charge is 0.465 e. The molecule has 6 nitrogen and oxygen atoms in total. The van der Waals surface area contributed by atoms with Crippen LogP contribution in [0.1, 0.15) is 18.4 Å². The van der Waals surface area contributed by atoms with Crippen LogP contribution in [0.25, 0.3) is 0 Å². The van der Waals surface area contributed by atoms with Gasteiger partial charge in [0.1, 0.15) is 0 Å². The number of hydrogen-bond donors (Lipinski definition) is 1. The number of carbonyl (C=O) groups excluding carboxylic acids is 1. The van der Waals surface area contributed by atoms with Crippen molar-refractivity contribution in [2.24, 2.45) is 0 Å². The summed E-state index contributed by atoms with van der Waals surface area (Å²) >= 11 is 0. The Bertz CT molecular complexity index is 408. The van der Waals surface area contributed by atoms with E-state index in [9.17, 15) is 4.79 Å². The lowest BCUT2D eigenvalue weighted by Crippen LogP contribution is -2.09. The maximum Gasteiger partial charge on any atom is 0.305 e. The number of hydrogen-bond acceptors (Lipinski definition) is 4. The molecule has 18 heavy (non-hydrogen) atoms. The molecule has 2 heterocycles. The minimum Gasteiger partial charge on any atom is -0.465 e. The van der Waals surface area contributed by atoms with Crippen LogP contribution in [0.2, 0.25) is 0 Å². The van der Waals surface area contributed by atoms with Crippen molar-refractivity contribution in [2.45, 2.75) is 25.8 Å². The highest BCUT2D eigenvalue weighted by Crippen LogP contribution is 1.99. The van der Waals surface area contributed by atoms with Crippen molar-refractivity contribution in [3.8, 4) is 0 Å². The van der Waals surface area contributed by atoms with E-state index in [1.807, 2.05) is 12.3 Å². The molecule has 2 aromatic heterocycles. The summed E-state index contributed by atoms with van der Waals surface area (Å²) in [5.74, 6) is -0.161. The van der Waals surface area contributed by atoms with E-state index in [-0.39, 0.29) is 5.97 Å². The molecule has 96 valence electrons. The van der Waals surface area contributed by atoms with E-state index in [0.717, 1.165) is 18.5 Å². The summed E-state index contributed by atoms with van der Waals surface area (Å²) in [4.78, 5) is 11.4. The van der Waals surface area contributed by atoms with Gasteiger partial charge in [0.15, 0.2) is 0 Å². The van der Waals surface area contributed by atoms with Gasteiger partial charge in [-0.05, 0) is 18.1 Å². The molecule has 6 heteroatoms. The molecular formula is C12H16N4O2. The highest BCUT2D eigenvalue weighted by molar-refractivity contribution is 5.69. The van der Waals surface area contributed by atoms with Crippen molar-refractivity contribution in [1.82, 2.24) is 20.0 Å². The highest BCUT2D eigenvalue weighted by atomic mass is 16.5. The van der Waals surface area contributed by atoms with Gasteiger partial charge < -0.3 is 4.74 Å². The van der Waals surface area contributed by atoms with Crippen LogP contribution in [0.4, 0.5) is 0 Å². The van der Waals surface area contributed by atoms with Crippen LogP contribution in [0.15, 0.2) is 30.9 Å². The fourth-order valence-electron chi connectivity index (χ4n) is 1.59. The first-order valence-corrected chi connectivity index (χ1v) is 5.95. The first-order chi connectivity index (χ1) is 8.84. The van der Waals surface area contributed by atoms with E-state index in [1.165, 1.54) is 0 Å². The minimum atomic E-state index is -0.161. The second-order valence-electron chi connectivity index (χ2n) is 3.95. The van der Waals surface area contributed by atoms with Gasteiger partial charge in [0.05, 0.1) is 12.8 Å². The maximum atomic E-state index is 11.4. The van der Waals surface area contributed by atoms with Crippen LogP contribution in [-0.4, -0.2) is 32.6 Å². The van der Waals surface area contributed by atoms with Crippen molar-refractivity contribution in [3.63, 3.8) is 0 Å². The normalized spacial score (nSPS) is 10.4. The summed E-state index contributed by atoms with van der Waals surface area (Å²) in [6, 6.07) is 1.86. The van der Waals surface area contributed by atoms with Gasteiger partial charge in [-0.3, -0.25) is 14.6 Å². The molecule has 0 unspecified atom stereocenters. The van der Waals surface area contributed by atoms with Crippen LogP contribution in [-0.2, 0) is 22.5 Å². The number of esters is 1. The van der Waals surface area contributed by atoms with Crippen LogP contribution in [0.3, 0.4) is 0 Å². The highest BCUT2D eigenvalue weighted by Gasteiger charge is 2.03. The van der Waals surface area contributed by atoms with E-state index in [0.29, 0.717) is 19.4 Å². The first-order valence-electron chi connectivity index (χ1n) is 5.95. The Morgan fingerprint density at radius 3 is 3.17 bits per heavy atom. The Balaban J connectivity index is 1.55. The molecule has 1 N–H and O–H groups in total. The molecule has 0 amide bonds. The number of aromatic nitrogens is 4. The standard InChI is InChI=1S/C12H16N4O2/c17-12(3-1-6-16-7-2-5-15-16)18-8-4-11-9-13-14-10-11/h2,5,7,9-10H,1,3-4,6,8H2,(H,13,14). The Morgan fingerprint density at radius 2 is 2.44 bits per heavy atom. The zero-order valence-electron chi connectivity index (χ0n) is 10.1. The van der Waals surface area contributed by atoms with Crippen LogP contribution >= 0.6 is 0 Å². The van der Waals surface area contributed by atoms with Crippen molar-refractivity contribution < 1.29 is 9.53 Å². The predicted octanol–water partition coefficient (Wildman–Crippen LogP) is 1.17. The van der Waals surface area contributed by atoms with E-state index in [1.54, 1.807) is 23.3 Å². The third-order valence-corrected chi connectivity index (χ3v) is 2.54. The summed E-state index contributed by atoms with van der Waals surface area (Å²) < 4.78 is 6.93. The molecule has 0 saturated heterocycles. The number of aryl methyl sites for hydroxylation is 1. The second-order valence-corrected chi connectivity index (χ2v) is 3.95. The average molecular weight is 248 g/mol. The minimum absolute atomic E-state index is 0.161.